The molecule has 1 aromatic heterocycles. The normalized spacial score (nSPS) is 12.4. The molecule has 0 aliphatic carbocycles. The Kier molecular flexibility index (Phi) is 2.95. The molecule has 88 valence electrons. The zero-order valence-electron chi connectivity index (χ0n) is 9.68. The van der Waals surface area contributed by atoms with E-state index in [1.807, 2.05) is 24.3 Å². The Bertz CT molecular complexity index is 566. The van der Waals surface area contributed by atoms with Crippen LogP contribution in [0, 0.1) is 0 Å². The Labute approximate surface area is 98.9 Å². The number of hydrogen-bond acceptors (Lipinski definition) is 4. The van der Waals surface area contributed by atoms with Crippen molar-refractivity contribution in [1.82, 2.24) is 4.98 Å². The molecule has 0 aliphatic heterocycles. The van der Waals surface area contributed by atoms with Gasteiger partial charge in [-0.3, -0.25) is 4.79 Å². The van der Waals surface area contributed by atoms with E-state index in [2.05, 4.69) is 9.72 Å². The summed E-state index contributed by atoms with van der Waals surface area (Å²) in [5.74, 6) is -0.978. The number of benzene rings is 1. The molecule has 1 aromatic carbocycles. The van der Waals surface area contributed by atoms with E-state index in [1.54, 1.807) is 13.0 Å². The van der Waals surface area contributed by atoms with Crippen molar-refractivity contribution in [1.29, 1.82) is 0 Å². The number of aromatic nitrogens is 1. The highest BCUT2D eigenvalue weighted by molar-refractivity contribution is 5.83. The van der Waals surface area contributed by atoms with E-state index >= 15 is 0 Å². The lowest BCUT2D eigenvalue weighted by Gasteiger charge is -2.11. The fourth-order valence-electron chi connectivity index (χ4n) is 1.73. The van der Waals surface area contributed by atoms with Gasteiger partial charge in [0.25, 0.3) is 0 Å². The molecule has 17 heavy (non-hydrogen) atoms. The van der Waals surface area contributed by atoms with Gasteiger partial charge >= 0.3 is 5.97 Å². The first kappa shape index (κ1) is 11.4. The fraction of sp³-hybridized carbons (Fsp3) is 0.231. The van der Waals surface area contributed by atoms with E-state index in [1.165, 1.54) is 7.11 Å². The summed E-state index contributed by atoms with van der Waals surface area (Å²) in [4.78, 5) is 15.7. The molecule has 1 unspecified atom stereocenters. The van der Waals surface area contributed by atoms with Gasteiger partial charge in [0.05, 0.1) is 24.2 Å². The summed E-state index contributed by atoms with van der Waals surface area (Å²) in [6, 6.07) is 9.03. The van der Waals surface area contributed by atoms with E-state index < -0.39 is 11.9 Å². The number of nitrogens with zero attached hydrogens (tertiary/aromatic N) is 1. The van der Waals surface area contributed by atoms with E-state index in [-0.39, 0.29) is 5.75 Å². The molecule has 4 heteroatoms. The first-order valence-electron chi connectivity index (χ1n) is 5.30. The van der Waals surface area contributed by atoms with Gasteiger partial charge in [0, 0.05) is 5.39 Å². The summed E-state index contributed by atoms with van der Waals surface area (Å²) in [6.45, 7) is 1.66. The van der Waals surface area contributed by atoms with E-state index in [4.69, 9.17) is 0 Å². The van der Waals surface area contributed by atoms with Crippen molar-refractivity contribution in [3.05, 3.63) is 36.0 Å². The minimum Gasteiger partial charge on any atom is -0.506 e. The van der Waals surface area contributed by atoms with Crippen molar-refractivity contribution >= 4 is 16.9 Å². The van der Waals surface area contributed by atoms with Gasteiger partial charge in [0.1, 0.15) is 5.75 Å². The van der Waals surface area contributed by atoms with Crippen LogP contribution >= 0.6 is 0 Å². The SMILES string of the molecule is COC(=O)C(C)c1nc2ccccc2cc1O. The molecule has 0 radical (unpaired) electrons. The third-order valence-corrected chi connectivity index (χ3v) is 2.70. The third-order valence-electron chi connectivity index (χ3n) is 2.70. The summed E-state index contributed by atoms with van der Waals surface area (Å²) in [7, 11) is 1.32. The number of hydrogen-bond donors (Lipinski definition) is 1. The van der Waals surface area contributed by atoms with Crippen LogP contribution in [0.1, 0.15) is 18.5 Å². The lowest BCUT2D eigenvalue weighted by Crippen LogP contribution is -2.12. The second-order valence-corrected chi connectivity index (χ2v) is 3.83. The Balaban J connectivity index is 2.54. The van der Waals surface area contributed by atoms with Gasteiger partial charge in [-0.25, -0.2) is 4.98 Å². The minimum absolute atomic E-state index is 0.0154. The van der Waals surface area contributed by atoms with E-state index in [0.29, 0.717) is 5.69 Å². The van der Waals surface area contributed by atoms with Gasteiger partial charge in [-0.1, -0.05) is 18.2 Å². The number of pyridine rings is 1. The van der Waals surface area contributed by atoms with Crippen molar-refractivity contribution in [3.8, 4) is 5.75 Å². The number of rotatable bonds is 2. The van der Waals surface area contributed by atoms with Crippen LogP contribution < -0.4 is 0 Å². The number of ether oxygens (including phenoxy) is 1. The van der Waals surface area contributed by atoms with Crippen LogP contribution in [0.3, 0.4) is 0 Å². The average molecular weight is 231 g/mol. The molecule has 2 rings (SSSR count). The maximum atomic E-state index is 11.4. The number of aromatic hydroxyl groups is 1. The molecule has 0 amide bonds. The minimum atomic E-state index is -0.579. The molecule has 0 fully saturated rings. The Morgan fingerprint density at radius 1 is 1.41 bits per heavy atom. The fourth-order valence-corrected chi connectivity index (χ4v) is 1.73. The van der Waals surface area contributed by atoms with E-state index in [0.717, 1.165) is 10.9 Å². The maximum Gasteiger partial charge on any atom is 0.314 e. The zero-order valence-corrected chi connectivity index (χ0v) is 9.68. The van der Waals surface area contributed by atoms with Gasteiger partial charge in [-0.15, -0.1) is 0 Å². The van der Waals surface area contributed by atoms with Crippen LogP contribution in [-0.2, 0) is 9.53 Å². The summed E-state index contributed by atoms with van der Waals surface area (Å²) in [5.41, 5.74) is 1.09. The second kappa shape index (κ2) is 4.41. The summed E-state index contributed by atoms with van der Waals surface area (Å²) < 4.78 is 4.64. The molecule has 0 saturated carbocycles. The summed E-state index contributed by atoms with van der Waals surface area (Å²) in [5, 5.41) is 10.7. The molecule has 0 aliphatic rings. The van der Waals surface area contributed by atoms with Crippen molar-refractivity contribution in [2.24, 2.45) is 0 Å². The summed E-state index contributed by atoms with van der Waals surface area (Å²) >= 11 is 0. The van der Waals surface area contributed by atoms with Crippen molar-refractivity contribution in [2.75, 3.05) is 7.11 Å². The second-order valence-electron chi connectivity index (χ2n) is 3.83. The number of esters is 1. The molecular weight excluding hydrogens is 218 g/mol. The molecule has 1 N–H and O–H groups in total. The van der Waals surface area contributed by atoms with E-state index in [9.17, 15) is 9.90 Å². The smallest absolute Gasteiger partial charge is 0.314 e. The monoisotopic (exact) mass is 231 g/mol. The predicted molar refractivity (Wildman–Crippen MR) is 63.8 cm³/mol. The quantitative estimate of drug-likeness (QED) is 0.805. The molecule has 2 aromatic rings. The maximum absolute atomic E-state index is 11.4. The number of carbonyl (C=O) groups excluding carboxylic acids is 1. The highest BCUT2D eigenvalue weighted by atomic mass is 16.5. The predicted octanol–water partition coefficient (Wildman–Crippen LogP) is 2.22. The Morgan fingerprint density at radius 3 is 2.82 bits per heavy atom. The first-order valence-corrected chi connectivity index (χ1v) is 5.30. The van der Waals surface area contributed by atoms with Crippen LogP contribution in [-0.4, -0.2) is 23.2 Å². The third kappa shape index (κ3) is 2.06. The van der Waals surface area contributed by atoms with Crippen LogP contribution in [0.5, 0.6) is 5.75 Å². The van der Waals surface area contributed by atoms with Crippen LogP contribution in [0.25, 0.3) is 10.9 Å². The Hall–Kier alpha value is -2.10. The molecule has 4 nitrogen and oxygen atoms in total. The molecule has 0 bridgehead atoms. The number of methoxy groups -OCH3 is 1. The van der Waals surface area contributed by atoms with Gasteiger partial charge in [-0.2, -0.15) is 0 Å². The molecule has 1 heterocycles. The standard InChI is InChI=1S/C13H13NO3/c1-8(13(16)17-2)12-11(15)7-9-5-3-4-6-10(9)14-12/h3-8,15H,1-2H3. The lowest BCUT2D eigenvalue weighted by atomic mass is 10.0. The number of para-hydroxylation sites is 1. The van der Waals surface area contributed by atoms with Gasteiger partial charge in [0.2, 0.25) is 0 Å². The van der Waals surface area contributed by atoms with Gasteiger partial charge in [-0.05, 0) is 19.1 Å². The van der Waals surface area contributed by atoms with Gasteiger partial charge < -0.3 is 9.84 Å². The van der Waals surface area contributed by atoms with Gasteiger partial charge in [0.15, 0.2) is 0 Å². The average Bonchev–Trinajstić information content (AvgIpc) is 2.36. The molecule has 0 saturated heterocycles. The highest BCUT2D eigenvalue weighted by Crippen LogP contribution is 2.28. The number of carbonyl (C=O) groups is 1. The van der Waals surface area contributed by atoms with Crippen molar-refractivity contribution in [2.45, 2.75) is 12.8 Å². The first-order chi connectivity index (χ1) is 8.13. The van der Waals surface area contributed by atoms with Crippen LogP contribution in [0.2, 0.25) is 0 Å². The Morgan fingerprint density at radius 2 is 2.12 bits per heavy atom. The molecule has 0 spiro atoms. The van der Waals surface area contributed by atoms with Crippen molar-refractivity contribution in [3.63, 3.8) is 0 Å². The lowest BCUT2D eigenvalue weighted by molar-refractivity contribution is -0.142. The van der Waals surface area contributed by atoms with Crippen LogP contribution in [0.15, 0.2) is 30.3 Å². The highest BCUT2D eigenvalue weighted by Gasteiger charge is 2.21. The van der Waals surface area contributed by atoms with Crippen LogP contribution in [0.4, 0.5) is 0 Å². The molecular formula is C13H13NO3. The number of fused-ring (bicyclic) bond motifs is 1. The topological polar surface area (TPSA) is 59.4 Å². The molecule has 1 atom stereocenters. The summed E-state index contributed by atoms with van der Waals surface area (Å²) in [6.07, 6.45) is 0. The largest absolute Gasteiger partial charge is 0.506 e. The zero-order chi connectivity index (χ0) is 12.4. The van der Waals surface area contributed by atoms with Crippen molar-refractivity contribution < 1.29 is 14.6 Å².